The molecule has 2 fully saturated rings. The zero-order valence-corrected chi connectivity index (χ0v) is 14.6. The van der Waals surface area contributed by atoms with Crippen LogP contribution in [0.2, 0.25) is 10.0 Å². The Balaban J connectivity index is 1.70. The van der Waals surface area contributed by atoms with Crippen LogP contribution in [-0.4, -0.2) is 28.3 Å². The first kappa shape index (κ1) is 16.6. The lowest BCUT2D eigenvalue weighted by atomic mass is 9.87. The number of benzene rings is 1. The van der Waals surface area contributed by atoms with E-state index < -0.39 is 5.54 Å². The van der Waals surface area contributed by atoms with Crippen LogP contribution in [0.1, 0.15) is 44.6 Å². The molecule has 0 spiro atoms. The van der Waals surface area contributed by atoms with Gasteiger partial charge >= 0.3 is 0 Å². The molecule has 2 aliphatic rings. The average molecular weight is 355 g/mol. The number of carbonyl (C=O) groups is 2. The molecule has 1 aliphatic heterocycles. The van der Waals surface area contributed by atoms with Gasteiger partial charge in [-0.1, -0.05) is 29.3 Å². The molecule has 1 aromatic rings. The summed E-state index contributed by atoms with van der Waals surface area (Å²) >= 11 is 12.0. The minimum absolute atomic E-state index is 0.0943. The summed E-state index contributed by atoms with van der Waals surface area (Å²) in [6.07, 6.45) is 4.15. The molecule has 1 unspecified atom stereocenters. The van der Waals surface area contributed by atoms with Crippen LogP contribution in [0.4, 0.5) is 0 Å². The van der Waals surface area contributed by atoms with Gasteiger partial charge in [0.05, 0.1) is 0 Å². The highest BCUT2D eigenvalue weighted by molar-refractivity contribution is 6.35. The smallest absolute Gasteiger partial charge is 0.245 e. The van der Waals surface area contributed by atoms with Gasteiger partial charge in [0.25, 0.3) is 0 Å². The van der Waals surface area contributed by atoms with Crippen LogP contribution in [0.5, 0.6) is 0 Å². The summed E-state index contributed by atoms with van der Waals surface area (Å²) in [5, 5.41) is 4.03. The van der Waals surface area contributed by atoms with E-state index in [0.29, 0.717) is 29.4 Å². The number of rotatable bonds is 4. The van der Waals surface area contributed by atoms with Crippen molar-refractivity contribution < 1.29 is 9.59 Å². The molecule has 1 heterocycles. The van der Waals surface area contributed by atoms with Gasteiger partial charge in [-0.05, 0) is 50.3 Å². The maximum Gasteiger partial charge on any atom is 0.245 e. The van der Waals surface area contributed by atoms with E-state index in [1.54, 1.807) is 18.2 Å². The van der Waals surface area contributed by atoms with E-state index in [2.05, 4.69) is 5.32 Å². The molecule has 1 aliphatic carbocycles. The largest absolute Gasteiger partial charge is 0.350 e. The van der Waals surface area contributed by atoms with Crippen LogP contribution in [0.3, 0.4) is 0 Å². The van der Waals surface area contributed by atoms with Gasteiger partial charge < -0.3 is 10.2 Å². The molecule has 124 valence electrons. The molecule has 4 nitrogen and oxygen atoms in total. The highest BCUT2D eigenvalue weighted by Gasteiger charge is 2.50. The third-order valence-corrected chi connectivity index (χ3v) is 5.60. The third kappa shape index (κ3) is 3.07. The van der Waals surface area contributed by atoms with Crippen molar-refractivity contribution in [3.63, 3.8) is 0 Å². The highest BCUT2D eigenvalue weighted by atomic mass is 35.5. The first-order chi connectivity index (χ1) is 10.9. The van der Waals surface area contributed by atoms with Crippen LogP contribution in [0.15, 0.2) is 18.2 Å². The van der Waals surface area contributed by atoms with Gasteiger partial charge in [0, 0.05) is 29.1 Å². The molecule has 1 saturated heterocycles. The molecule has 0 radical (unpaired) electrons. The minimum Gasteiger partial charge on any atom is -0.350 e. The van der Waals surface area contributed by atoms with Gasteiger partial charge in [0.15, 0.2) is 0 Å². The van der Waals surface area contributed by atoms with Crippen molar-refractivity contribution in [2.75, 3.05) is 0 Å². The zero-order chi connectivity index (χ0) is 16.6. The van der Waals surface area contributed by atoms with Crippen molar-refractivity contribution in [3.8, 4) is 0 Å². The van der Waals surface area contributed by atoms with E-state index in [-0.39, 0.29) is 17.9 Å². The molecular weight excluding hydrogens is 335 g/mol. The van der Waals surface area contributed by atoms with Gasteiger partial charge in [-0.2, -0.15) is 0 Å². The van der Waals surface area contributed by atoms with Crippen LogP contribution >= 0.6 is 23.2 Å². The molecule has 0 aromatic heterocycles. The molecule has 3 rings (SSSR count). The maximum absolute atomic E-state index is 12.7. The molecule has 1 saturated carbocycles. The van der Waals surface area contributed by atoms with Gasteiger partial charge in [0.1, 0.15) is 5.54 Å². The molecule has 0 bridgehead atoms. The van der Waals surface area contributed by atoms with Crippen LogP contribution < -0.4 is 5.32 Å². The van der Waals surface area contributed by atoms with Crippen molar-refractivity contribution in [1.82, 2.24) is 10.2 Å². The third-order valence-electron chi connectivity index (χ3n) is 5.01. The fourth-order valence-corrected chi connectivity index (χ4v) is 3.85. The second-order valence-corrected chi connectivity index (χ2v) is 7.38. The number of nitrogens with zero attached hydrogens (tertiary/aromatic N) is 1. The fraction of sp³-hybridized carbons (Fsp3) is 0.529. The molecule has 1 atom stereocenters. The zero-order valence-electron chi connectivity index (χ0n) is 13.1. The second kappa shape index (κ2) is 6.33. The van der Waals surface area contributed by atoms with Gasteiger partial charge in [0.2, 0.25) is 11.8 Å². The van der Waals surface area contributed by atoms with Gasteiger partial charge in [-0.25, -0.2) is 0 Å². The van der Waals surface area contributed by atoms with E-state index in [1.807, 2.05) is 11.8 Å². The van der Waals surface area contributed by atoms with E-state index in [9.17, 15) is 9.59 Å². The van der Waals surface area contributed by atoms with E-state index in [1.165, 1.54) is 0 Å². The Morgan fingerprint density at radius 2 is 2.13 bits per heavy atom. The lowest BCUT2D eigenvalue weighted by Crippen LogP contribution is -2.59. The summed E-state index contributed by atoms with van der Waals surface area (Å²) < 4.78 is 0. The summed E-state index contributed by atoms with van der Waals surface area (Å²) in [5.41, 5.74) is 0.0636. The van der Waals surface area contributed by atoms with Crippen molar-refractivity contribution in [2.45, 2.75) is 57.2 Å². The number of amides is 2. The van der Waals surface area contributed by atoms with Crippen molar-refractivity contribution in [2.24, 2.45) is 0 Å². The quantitative estimate of drug-likeness (QED) is 0.898. The standard InChI is InChI=1S/C17H20Cl2N2O2/c1-17(8-7-15(22)21(17)13-3-2-4-13)16(23)20-10-11-5-6-12(18)9-14(11)19/h5-6,9,13H,2-4,7-8,10H2,1H3,(H,20,23). The molecule has 1 N–H and O–H groups in total. The topological polar surface area (TPSA) is 49.4 Å². The summed E-state index contributed by atoms with van der Waals surface area (Å²) in [7, 11) is 0. The molecule has 2 amide bonds. The monoisotopic (exact) mass is 354 g/mol. The van der Waals surface area contributed by atoms with E-state index >= 15 is 0 Å². The van der Waals surface area contributed by atoms with Crippen LogP contribution in [-0.2, 0) is 16.1 Å². The number of hydrogen-bond acceptors (Lipinski definition) is 2. The molecule has 1 aromatic carbocycles. The summed E-state index contributed by atoms with van der Waals surface area (Å²) in [6.45, 7) is 2.20. The normalized spacial score (nSPS) is 24.7. The Labute approximate surface area is 146 Å². The highest BCUT2D eigenvalue weighted by Crippen LogP contribution is 2.38. The Hall–Kier alpha value is -1.26. The SMILES string of the molecule is CC1(C(=O)NCc2ccc(Cl)cc2Cl)CCC(=O)N1C1CCC1. The lowest BCUT2D eigenvalue weighted by Gasteiger charge is -2.43. The van der Waals surface area contributed by atoms with Crippen molar-refractivity contribution in [1.29, 1.82) is 0 Å². The summed E-state index contributed by atoms with van der Waals surface area (Å²) in [4.78, 5) is 26.8. The van der Waals surface area contributed by atoms with E-state index in [0.717, 1.165) is 24.8 Å². The Morgan fingerprint density at radius 1 is 1.39 bits per heavy atom. The maximum atomic E-state index is 12.7. The molecular formula is C17H20Cl2N2O2. The van der Waals surface area contributed by atoms with Gasteiger partial charge in [-0.3, -0.25) is 9.59 Å². The molecule has 6 heteroatoms. The van der Waals surface area contributed by atoms with Crippen LogP contribution in [0.25, 0.3) is 0 Å². The minimum atomic E-state index is -0.749. The average Bonchev–Trinajstić information content (AvgIpc) is 2.74. The fourth-order valence-electron chi connectivity index (χ4n) is 3.37. The van der Waals surface area contributed by atoms with E-state index in [4.69, 9.17) is 23.2 Å². The summed E-state index contributed by atoms with van der Waals surface area (Å²) in [5.74, 6) is -0.0156. The second-order valence-electron chi connectivity index (χ2n) is 6.54. The van der Waals surface area contributed by atoms with Gasteiger partial charge in [-0.15, -0.1) is 0 Å². The number of likely N-dealkylation sites (tertiary alicyclic amines) is 1. The number of hydrogen-bond donors (Lipinski definition) is 1. The Kier molecular flexibility index (Phi) is 4.56. The Morgan fingerprint density at radius 3 is 2.74 bits per heavy atom. The predicted octanol–water partition coefficient (Wildman–Crippen LogP) is 3.54. The van der Waals surface area contributed by atoms with Crippen molar-refractivity contribution in [3.05, 3.63) is 33.8 Å². The predicted molar refractivity (Wildman–Crippen MR) is 90.4 cm³/mol. The number of halogens is 2. The van der Waals surface area contributed by atoms with Crippen LogP contribution in [0, 0.1) is 0 Å². The lowest BCUT2D eigenvalue weighted by molar-refractivity contribution is -0.145. The van der Waals surface area contributed by atoms with Crippen molar-refractivity contribution >= 4 is 35.0 Å². The Bertz CT molecular complexity index is 645. The first-order valence-corrected chi connectivity index (χ1v) is 8.72. The molecule has 23 heavy (non-hydrogen) atoms. The summed E-state index contributed by atoms with van der Waals surface area (Å²) in [6, 6.07) is 5.43. The number of nitrogens with one attached hydrogen (secondary N) is 1. The number of carbonyl (C=O) groups excluding carboxylic acids is 2. The first-order valence-electron chi connectivity index (χ1n) is 7.96.